The predicted octanol–water partition coefficient (Wildman–Crippen LogP) is 5.27. The molecule has 5 rings (SSSR count). The van der Waals surface area contributed by atoms with Crippen LogP contribution in [0, 0.1) is 11.3 Å². The van der Waals surface area contributed by atoms with Crippen LogP contribution >= 0.6 is 11.8 Å². The second-order valence-electron chi connectivity index (χ2n) is 7.69. The number of carbonyl (C=O) groups is 2. The number of anilines is 1. The third-order valence-corrected chi connectivity index (χ3v) is 6.58. The maximum absolute atomic E-state index is 12.8. The molecule has 1 aliphatic rings. The lowest BCUT2D eigenvalue weighted by Gasteiger charge is -2.10. The van der Waals surface area contributed by atoms with Gasteiger partial charge in [-0.25, -0.2) is 0 Å². The van der Waals surface area contributed by atoms with E-state index in [1.165, 1.54) is 11.8 Å². The van der Waals surface area contributed by atoms with E-state index in [9.17, 15) is 9.59 Å². The summed E-state index contributed by atoms with van der Waals surface area (Å²) in [5, 5.41) is 14.7. The van der Waals surface area contributed by atoms with Crippen LogP contribution in [-0.4, -0.2) is 16.8 Å². The monoisotopic (exact) mass is 462 g/mol. The summed E-state index contributed by atoms with van der Waals surface area (Å²) in [5.41, 5.74) is 4.87. The fraction of sp³-hybridized carbons (Fsp3) is 0.0370. The number of carbonyl (C=O) groups excluding carboxylic acids is 2. The van der Waals surface area contributed by atoms with Crippen LogP contribution in [0.1, 0.15) is 31.8 Å². The molecule has 0 aliphatic carbocycles. The molecule has 4 aromatic rings. The molecule has 1 aromatic heterocycles. The molecule has 2 N–H and O–H groups in total. The maximum atomic E-state index is 12.8. The largest absolute Gasteiger partial charge is 0.348 e. The molecule has 0 bridgehead atoms. The summed E-state index contributed by atoms with van der Waals surface area (Å²) in [7, 11) is 0. The van der Waals surface area contributed by atoms with E-state index in [2.05, 4.69) is 21.7 Å². The molecule has 0 atom stereocenters. The van der Waals surface area contributed by atoms with Gasteiger partial charge in [0.15, 0.2) is 0 Å². The molecule has 0 fully saturated rings. The summed E-state index contributed by atoms with van der Waals surface area (Å²) < 4.78 is 0. The number of rotatable bonds is 4. The van der Waals surface area contributed by atoms with Crippen LogP contribution in [-0.2, 0) is 6.54 Å². The average molecular weight is 463 g/mol. The Morgan fingerprint density at radius 3 is 2.59 bits per heavy atom. The van der Waals surface area contributed by atoms with Gasteiger partial charge in [0, 0.05) is 33.7 Å². The quantitative estimate of drug-likeness (QED) is 0.431. The molecule has 3 aromatic carbocycles. The Kier molecular flexibility index (Phi) is 5.81. The summed E-state index contributed by atoms with van der Waals surface area (Å²) in [6, 6.07) is 25.9. The van der Waals surface area contributed by atoms with Gasteiger partial charge in [-0.15, -0.1) is 0 Å². The molecule has 2 amide bonds. The van der Waals surface area contributed by atoms with Crippen LogP contribution in [0.2, 0.25) is 0 Å². The van der Waals surface area contributed by atoms with E-state index in [0.717, 1.165) is 26.6 Å². The standard InChI is InChI=1S/C27H18N4O2S/c28-14-17-5-8-19(9-6-17)22-11-7-18(15-29-22)16-30-26(32)20-10-12-25-23(13-20)31-27(33)21-3-1-2-4-24(21)34-25/h1-13,15H,16H2,(H,30,32)(H,31,33). The molecule has 34 heavy (non-hydrogen) atoms. The Hall–Kier alpha value is -4.41. The van der Waals surface area contributed by atoms with Crippen LogP contribution in [0.25, 0.3) is 11.3 Å². The number of benzene rings is 3. The average Bonchev–Trinajstić information content (AvgIpc) is 3.03. The smallest absolute Gasteiger partial charge is 0.256 e. The van der Waals surface area contributed by atoms with Crippen molar-refractivity contribution in [1.29, 1.82) is 5.26 Å². The molecule has 0 radical (unpaired) electrons. The van der Waals surface area contributed by atoms with Gasteiger partial charge in [0.1, 0.15) is 0 Å². The SMILES string of the molecule is N#Cc1ccc(-c2ccc(CNC(=O)c3ccc4c(c3)NC(=O)c3ccccc3S4)cn2)cc1. The van der Waals surface area contributed by atoms with Crippen LogP contribution in [0.15, 0.2) is 94.9 Å². The molecular weight excluding hydrogens is 444 g/mol. The van der Waals surface area contributed by atoms with E-state index in [4.69, 9.17) is 5.26 Å². The van der Waals surface area contributed by atoms with E-state index < -0.39 is 0 Å². The fourth-order valence-electron chi connectivity index (χ4n) is 3.61. The van der Waals surface area contributed by atoms with Crippen molar-refractivity contribution < 1.29 is 9.59 Å². The molecular formula is C27H18N4O2S. The van der Waals surface area contributed by atoms with Crippen molar-refractivity contribution in [1.82, 2.24) is 10.3 Å². The van der Waals surface area contributed by atoms with Crippen LogP contribution < -0.4 is 10.6 Å². The molecule has 6 nitrogen and oxygen atoms in total. The summed E-state index contributed by atoms with van der Waals surface area (Å²) in [5.74, 6) is -0.423. The minimum atomic E-state index is -0.236. The highest BCUT2D eigenvalue weighted by atomic mass is 32.2. The Labute approximate surface area is 200 Å². The maximum Gasteiger partial charge on any atom is 0.256 e. The molecule has 164 valence electrons. The lowest BCUT2D eigenvalue weighted by molar-refractivity contribution is 0.0949. The van der Waals surface area contributed by atoms with Gasteiger partial charge in [-0.1, -0.05) is 42.1 Å². The van der Waals surface area contributed by atoms with Crippen molar-refractivity contribution in [3.63, 3.8) is 0 Å². The molecule has 0 saturated heterocycles. The first-order valence-electron chi connectivity index (χ1n) is 10.6. The molecule has 0 unspecified atom stereocenters. The summed E-state index contributed by atoms with van der Waals surface area (Å²) in [4.78, 5) is 31.6. The van der Waals surface area contributed by atoms with E-state index in [-0.39, 0.29) is 11.8 Å². The predicted molar refractivity (Wildman–Crippen MR) is 131 cm³/mol. The van der Waals surface area contributed by atoms with E-state index >= 15 is 0 Å². The Morgan fingerprint density at radius 2 is 1.82 bits per heavy atom. The summed E-state index contributed by atoms with van der Waals surface area (Å²) in [6.07, 6.45) is 1.72. The molecule has 2 heterocycles. The van der Waals surface area contributed by atoms with Gasteiger partial charge in [0.2, 0.25) is 0 Å². The zero-order valence-corrected chi connectivity index (χ0v) is 18.7. The van der Waals surface area contributed by atoms with Crippen LogP contribution in [0.5, 0.6) is 0 Å². The number of amides is 2. The second-order valence-corrected chi connectivity index (χ2v) is 8.77. The van der Waals surface area contributed by atoms with Crippen molar-refractivity contribution in [2.75, 3.05) is 5.32 Å². The van der Waals surface area contributed by atoms with Gasteiger partial charge in [0.25, 0.3) is 11.8 Å². The normalized spacial score (nSPS) is 11.9. The van der Waals surface area contributed by atoms with E-state index in [1.807, 2.05) is 48.5 Å². The van der Waals surface area contributed by atoms with Gasteiger partial charge in [-0.05, 0) is 54.1 Å². The first-order valence-corrected chi connectivity index (χ1v) is 11.4. The lowest BCUT2D eigenvalue weighted by atomic mass is 10.1. The minimum absolute atomic E-state index is 0.187. The van der Waals surface area contributed by atoms with E-state index in [0.29, 0.717) is 28.9 Å². The number of hydrogen-bond acceptors (Lipinski definition) is 5. The topological polar surface area (TPSA) is 94.9 Å². The number of nitrogens with zero attached hydrogens (tertiary/aromatic N) is 2. The van der Waals surface area contributed by atoms with Crippen LogP contribution in [0.3, 0.4) is 0 Å². The highest BCUT2D eigenvalue weighted by Crippen LogP contribution is 2.39. The number of pyridine rings is 1. The Bertz CT molecular complexity index is 1440. The van der Waals surface area contributed by atoms with Crippen LogP contribution in [0.4, 0.5) is 5.69 Å². The summed E-state index contributed by atoms with van der Waals surface area (Å²) >= 11 is 1.50. The second kappa shape index (κ2) is 9.22. The first kappa shape index (κ1) is 21.4. The fourth-order valence-corrected chi connectivity index (χ4v) is 4.62. The van der Waals surface area contributed by atoms with Gasteiger partial charge in [0.05, 0.1) is 28.6 Å². The van der Waals surface area contributed by atoms with Crippen molar-refractivity contribution in [2.45, 2.75) is 16.3 Å². The molecule has 0 saturated carbocycles. The van der Waals surface area contributed by atoms with Gasteiger partial charge in [-0.3, -0.25) is 14.6 Å². The first-order chi connectivity index (χ1) is 16.6. The number of nitriles is 1. The number of aromatic nitrogens is 1. The van der Waals surface area contributed by atoms with E-state index in [1.54, 1.807) is 36.5 Å². The molecule has 7 heteroatoms. The van der Waals surface area contributed by atoms with Gasteiger partial charge < -0.3 is 10.6 Å². The zero-order valence-electron chi connectivity index (χ0n) is 17.9. The highest BCUT2D eigenvalue weighted by Gasteiger charge is 2.20. The lowest BCUT2D eigenvalue weighted by Crippen LogP contribution is -2.23. The number of hydrogen-bond donors (Lipinski definition) is 2. The third-order valence-electron chi connectivity index (χ3n) is 5.43. The van der Waals surface area contributed by atoms with Gasteiger partial charge in [-0.2, -0.15) is 5.26 Å². The minimum Gasteiger partial charge on any atom is -0.348 e. The van der Waals surface area contributed by atoms with Gasteiger partial charge >= 0.3 is 0 Å². The van der Waals surface area contributed by atoms with Crippen molar-refractivity contribution in [3.8, 4) is 17.3 Å². The Morgan fingerprint density at radius 1 is 1.00 bits per heavy atom. The number of nitrogens with one attached hydrogen (secondary N) is 2. The zero-order chi connectivity index (χ0) is 23.5. The van der Waals surface area contributed by atoms with Crippen molar-refractivity contribution in [3.05, 3.63) is 107 Å². The third kappa shape index (κ3) is 4.40. The molecule has 1 aliphatic heterocycles. The highest BCUT2D eigenvalue weighted by molar-refractivity contribution is 7.99. The summed E-state index contributed by atoms with van der Waals surface area (Å²) in [6.45, 7) is 0.323. The van der Waals surface area contributed by atoms with Crippen molar-refractivity contribution >= 4 is 29.3 Å². The Balaban J connectivity index is 1.26. The van der Waals surface area contributed by atoms with Crippen molar-refractivity contribution in [2.24, 2.45) is 0 Å². The number of fused-ring (bicyclic) bond motifs is 2. The molecule has 0 spiro atoms.